The number of carbonyl (C=O) groups is 3. The zero-order valence-electron chi connectivity index (χ0n) is 31.4. The van der Waals surface area contributed by atoms with E-state index in [4.69, 9.17) is 8.92 Å². The maximum Gasteiger partial charge on any atom is 0.419 e. The summed E-state index contributed by atoms with van der Waals surface area (Å²) in [5.74, 6) is -0.647. The van der Waals surface area contributed by atoms with Gasteiger partial charge in [-0.2, -0.15) is 8.42 Å². The number of hydrogen-bond donors (Lipinski definition) is 3. The number of rotatable bonds is 15. The highest BCUT2D eigenvalue weighted by Crippen LogP contribution is 2.26. The van der Waals surface area contributed by atoms with Crippen LogP contribution in [0.5, 0.6) is 0 Å². The van der Waals surface area contributed by atoms with Crippen LogP contribution in [0.4, 0.5) is 4.79 Å². The molecule has 282 valence electrons. The molecule has 2 heterocycles. The molecule has 5 rings (SSSR count). The molecule has 2 aromatic heterocycles. The zero-order valence-corrected chi connectivity index (χ0v) is 32.2. The van der Waals surface area contributed by atoms with Gasteiger partial charge in [-0.3, -0.25) is 18.3 Å². The second-order valence-electron chi connectivity index (χ2n) is 14.7. The van der Waals surface area contributed by atoms with Gasteiger partial charge in [0, 0.05) is 41.6 Å². The third kappa shape index (κ3) is 10.6. The first-order valence-electron chi connectivity index (χ1n) is 18.0. The Labute approximate surface area is 311 Å². The maximum atomic E-state index is 13.8. The summed E-state index contributed by atoms with van der Waals surface area (Å²) in [6, 6.07) is 17.3. The molecular formula is C41H50N4O7S. The molecule has 5 aromatic rings. The number of aromatic nitrogens is 2. The predicted molar refractivity (Wildman–Crippen MR) is 206 cm³/mol. The van der Waals surface area contributed by atoms with Crippen LogP contribution < -0.4 is 10.6 Å². The van der Waals surface area contributed by atoms with Crippen molar-refractivity contribution < 1.29 is 31.7 Å². The minimum Gasteiger partial charge on any atom is -0.443 e. The molecule has 3 N–H and O–H groups in total. The van der Waals surface area contributed by atoms with Crippen molar-refractivity contribution in [3.05, 3.63) is 101 Å². The van der Waals surface area contributed by atoms with Crippen molar-refractivity contribution in [1.82, 2.24) is 20.2 Å². The van der Waals surface area contributed by atoms with Gasteiger partial charge in [-0.05, 0) is 102 Å². The number of fused-ring (bicyclic) bond motifs is 2. The Morgan fingerprint density at radius 3 is 2.21 bits per heavy atom. The summed E-state index contributed by atoms with van der Waals surface area (Å²) in [5.41, 5.74) is 5.44. The summed E-state index contributed by atoms with van der Waals surface area (Å²) in [7, 11) is -3.81. The molecule has 0 fully saturated rings. The van der Waals surface area contributed by atoms with Gasteiger partial charge in [0.2, 0.25) is 11.8 Å². The Bertz CT molecular complexity index is 2190. The summed E-state index contributed by atoms with van der Waals surface area (Å²) in [6.07, 6.45) is 5.86. The van der Waals surface area contributed by atoms with Crippen LogP contribution in [0.2, 0.25) is 0 Å². The number of amides is 2. The number of aryl methyl sites for hydroxylation is 3. The van der Waals surface area contributed by atoms with E-state index in [0.717, 1.165) is 50.5 Å². The highest BCUT2D eigenvalue weighted by Gasteiger charge is 2.26. The molecule has 0 radical (unpaired) electrons. The summed E-state index contributed by atoms with van der Waals surface area (Å²) in [6.45, 7) is 11.7. The number of nitrogens with one attached hydrogen (secondary N) is 3. The van der Waals surface area contributed by atoms with E-state index in [0.29, 0.717) is 31.3 Å². The Balaban J connectivity index is 1.24. The van der Waals surface area contributed by atoms with Crippen LogP contribution >= 0.6 is 0 Å². The number of hydrogen-bond acceptors (Lipinski definition) is 7. The highest BCUT2D eigenvalue weighted by atomic mass is 32.2. The average molecular weight is 743 g/mol. The van der Waals surface area contributed by atoms with Crippen molar-refractivity contribution in [2.75, 3.05) is 13.2 Å². The third-order valence-electron chi connectivity index (χ3n) is 8.90. The Kier molecular flexibility index (Phi) is 12.5. The van der Waals surface area contributed by atoms with Crippen LogP contribution in [-0.2, 0) is 41.5 Å². The summed E-state index contributed by atoms with van der Waals surface area (Å²) in [4.78, 5) is 43.9. The van der Waals surface area contributed by atoms with Crippen molar-refractivity contribution in [1.29, 1.82) is 0 Å². The van der Waals surface area contributed by atoms with E-state index in [1.165, 1.54) is 16.7 Å². The van der Waals surface area contributed by atoms with Crippen molar-refractivity contribution in [2.45, 2.75) is 96.6 Å². The van der Waals surface area contributed by atoms with Crippen molar-refractivity contribution >= 4 is 49.8 Å². The lowest BCUT2D eigenvalue weighted by Crippen LogP contribution is -2.48. The van der Waals surface area contributed by atoms with Crippen LogP contribution in [0.3, 0.4) is 0 Å². The van der Waals surface area contributed by atoms with Crippen LogP contribution in [0.1, 0.15) is 74.3 Å². The molecule has 2 amide bonds. The number of benzene rings is 3. The third-order valence-corrected chi connectivity index (χ3v) is 10.2. The van der Waals surface area contributed by atoms with Gasteiger partial charge in [-0.1, -0.05) is 53.8 Å². The van der Waals surface area contributed by atoms with Crippen LogP contribution in [0.25, 0.3) is 21.8 Å². The normalized spacial score (nSPS) is 12.6. The van der Waals surface area contributed by atoms with Crippen LogP contribution in [0, 0.1) is 20.8 Å². The van der Waals surface area contributed by atoms with E-state index in [1.807, 2.05) is 63.4 Å². The molecule has 1 atom stereocenters. The second kappa shape index (κ2) is 16.8. The molecule has 11 nitrogen and oxygen atoms in total. The number of unbranched alkanes of at least 4 members (excludes halogenated alkanes) is 3. The van der Waals surface area contributed by atoms with Crippen LogP contribution in [0.15, 0.2) is 78.0 Å². The fourth-order valence-corrected chi connectivity index (χ4v) is 7.12. The van der Waals surface area contributed by atoms with Crippen molar-refractivity contribution in [3.63, 3.8) is 0 Å². The molecule has 0 unspecified atom stereocenters. The lowest BCUT2D eigenvalue weighted by molar-refractivity contribution is -0.128. The topological polar surface area (TPSA) is 149 Å². The molecule has 0 saturated heterocycles. The van der Waals surface area contributed by atoms with E-state index < -0.39 is 27.9 Å². The number of aromatic amines is 1. The number of carbonyl (C=O) groups excluding carboxylic acids is 3. The van der Waals surface area contributed by atoms with Gasteiger partial charge in [0.1, 0.15) is 11.6 Å². The van der Waals surface area contributed by atoms with Gasteiger partial charge in [-0.25, -0.2) is 4.79 Å². The molecule has 0 spiro atoms. The minimum absolute atomic E-state index is 0.0725. The molecule has 3 aromatic carbocycles. The van der Waals surface area contributed by atoms with Gasteiger partial charge < -0.3 is 20.4 Å². The monoisotopic (exact) mass is 742 g/mol. The standard InChI is InChI=1S/C41H50N4O7S/c1-27-11-15-32(16-12-27)53(49,50)51-20-10-8-7-9-19-42-39(47)36(44-38(46)24-30-25-43-35-17-13-28(2)21-33(30)35)23-31-26-45(40(48)52-41(4,5)6)37-18-14-29(3)22-34(31)37/h11-18,21-22,25-26,36,43H,7-10,19-20,23-24H2,1-6H3,(H,42,47)(H,44,46)/t36-/m0/s1. The SMILES string of the molecule is Cc1ccc(S(=O)(=O)OCCCCCCNC(=O)[C@H](Cc2cn(C(=O)OC(C)(C)C)c3ccc(C)cc23)NC(=O)Cc2c[nH]c3ccc(C)cc23)cc1. The second-order valence-corrected chi connectivity index (χ2v) is 16.3. The Hall–Kier alpha value is -4.94. The zero-order chi connectivity index (χ0) is 38.3. The van der Waals surface area contributed by atoms with E-state index >= 15 is 0 Å². The van der Waals surface area contributed by atoms with Crippen molar-refractivity contribution in [3.8, 4) is 0 Å². The van der Waals surface area contributed by atoms with Crippen LogP contribution in [-0.4, -0.2) is 60.7 Å². The number of nitrogens with zero attached hydrogens (tertiary/aromatic N) is 1. The first-order valence-corrected chi connectivity index (χ1v) is 19.4. The van der Waals surface area contributed by atoms with Gasteiger partial charge in [0.05, 0.1) is 23.4 Å². The fraction of sp³-hybridized carbons (Fsp3) is 0.390. The average Bonchev–Trinajstić information content (AvgIpc) is 3.65. The first kappa shape index (κ1) is 39.3. The first-order chi connectivity index (χ1) is 25.1. The van der Waals surface area contributed by atoms with Gasteiger partial charge in [0.15, 0.2) is 0 Å². The highest BCUT2D eigenvalue weighted by molar-refractivity contribution is 7.86. The minimum atomic E-state index is -3.81. The predicted octanol–water partition coefficient (Wildman–Crippen LogP) is 7.18. The number of ether oxygens (including phenoxy) is 1. The number of H-pyrrole nitrogens is 1. The molecule has 0 saturated carbocycles. The summed E-state index contributed by atoms with van der Waals surface area (Å²) in [5, 5.41) is 7.70. The largest absolute Gasteiger partial charge is 0.443 e. The van der Waals surface area contributed by atoms with Gasteiger partial charge in [0.25, 0.3) is 10.1 Å². The molecule has 0 aliphatic carbocycles. The molecule has 0 aliphatic heterocycles. The molecule has 0 aliphatic rings. The van der Waals surface area contributed by atoms with E-state index in [-0.39, 0.29) is 36.2 Å². The lowest BCUT2D eigenvalue weighted by atomic mass is 10.0. The lowest BCUT2D eigenvalue weighted by Gasteiger charge is -2.20. The van der Waals surface area contributed by atoms with Crippen molar-refractivity contribution in [2.24, 2.45) is 0 Å². The smallest absolute Gasteiger partial charge is 0.419 e. The molecule has 12 heteroatoms. The fourth-order valence-electron chi connectivity index (χ4n) is 6.18. The molecular weight excluding hydrogens is 693 g/mol. The van der Waals surface area contributed by atoms with E-state index in [9.17, 15) is 22.8 Å². The maximum absolute atomic E-state index is 13.8. The van der Waals surface area contributed by atoms with Gasteiger partial charge >= 0.3 is 6.09 Å². The molecule has 53 heavy (non-hydrogen) atoms. The molecule has 0 bridgehead atoms. The Morgan fingerprint density at radius 2 is 1.49 bits per heavy atom. The van der Waals surface area contributed by atoms with Gasteiger partial charge in [-0.15, -0.1) is 0 Å². The quantitative estimate of drug-likeness (QED) is 0.0760. The van der Waals surface area contributed by atoms with E-state index in [2.05, 4.69) is 15.6 Å². The Morgan fingerprint density at radius 1 is 0.830 bits per heavy atom. The summed E-state index contributed by atoms with van der Waals surface area (Å²) < 4.78 is 37.2. The van der Waals surface area contributed by atoms with E-state index in [1.54, 1.807) is 39.1 Å². The summed E-state index contributed by atoms with van der Waals surface area (Å²) >= 11 is 0.